The second-order valence-corrected chi connectivity index (χ2v) is 6.13. The van der Waals surface area contributed by atoms with Crippen molar-refractivity contribution in [3.05, 3.63) is 23.7 Å². The van der Waals surface area contributed by atoms with Crippen molar-refractivity contribution < 1.29 is 27.1 Å². The quantitative estimate of drug-likeness (QED) is 0.863. The van der Waals surface area contributed by atoms with E-state index >= 15 is 0 Å². The Balaban J connectivity index is 2.04. The van der Waals surface area contributed by atoms with E-state index in [1.165, 1.54) is 11.0 Å². The lowest BCUT2D eigenvalue weighted by atomic mass is 10.1. The van der Waals surface area contributed by atoms with Crippen LogP contribution in [-0.2, 0) is 10.9 Å². The molecule has 1 unspecified atom stereocenters. The maximum Gasteiger partial charge on any atom is 0.449 e. The first-order valence-corrected chi connectivity index (χ1v) is 6.94. The molecule has 0 bridgehead atoms. The van der Waals surface area contributed by atoms with E-state index in [2.05, 4.69) is 5.32 Å². The Morgan fingerprint density at radius 2 is 2.05 bits per heavy atom. The normalized spacial score (nSPS) is 20.1. The summed E-state index contributed by atoms with van der Waals surface area (Å²) in [6.45, 7) is 6.34. The first-order chi connectivity index (χ1) is 10.1. The number of hydrogen-bond acceptors (Lipinski definition) is 4. The van der Waals surface area contributed by atoms with Crippen molar-refractivity contribution in [1.82, 2.24) is 10.2 Å². The summed E-state index contributed by atoms with van der Waals surface area (Å²) in [6.07, 6.45) is -5.00. The van der Waals surface area contributed by atoms with Crippen molar-refractivity contribution in [2.24, 2.45) is 0 Å². The van der Waals surface area contributed by atoms with Gasteiger partial charge in [-0.1, -0.05) is 0 Å². The van der Waals surface area contributed by atoms with E-state index in [1.807, 2.05) is 0 Å². The molecule has 0 spiro atoms. The average molecular weight is 320 g/mol. The maximum atomic E-state index is 12.6. The fourth-order valence-corrected chi connectivity index (χ4v) is 2.13. The van der Waals surface area contributed by atoms with Crippen LogP contribution >= 0.6 is 0 Å². The van der Waals surface area contributed by atoms with Crippen molar-refractivity contribution in [2.45, 2.75) is 38.6 Å². The summed E-state index contributed by atoms with van der Waals surface area (Å²) >= 11 is 0. The fourth-order valence-electron chi connectivity index (χ4n) is 2.13. The van der Waals surface area contributed by atoms with Crippen LogP contribution < -0.4 is 5.32 Å². The minimum atomic E-state index is -4.52. The number of furan rings is 1. The molecule has 22 heavy (non-hydrogen) atoms. The molecule has 0 saturated carbocycles. The SMILES string of the molecule is CC(C)(C)OC(=O)N1CCNC(c2ccc(C(F)(F)F)o2)C1. The minimum absolute atomic E-state index is 0.153. The summed E-state index contributed by atoms with van der Waals surface area (Å²) in [6, 6.07) is 1.68. The standard InChI is InChI=1S/C14H19F3N2O3/c1-13(2,3)22-12(20)19-7-6-18-9(8-19)10-4-5-11(21-10)14(15,16)17/h4-5,9,18H,6-8H2,1-3H3. The molecule has 1 aromatic rings. The van der Waals surface area contributed by atoms with Gasteiger partial charge in [0.25, 0.3) is 0 Å². The van der Waals surface area contributed by atoms with Gasteiger partial charge in [0.1, 0.15) is 11.4 Å². The van der Waals surface area contributed by atoms with Gasteiger partial charge in [0, 0.05) is 19.6 Å². The molecule has 5 nitrogen and oxygen atoms in total. The van der Waals surface area contributed by atoms with E-state index < -0.39 is 29.7 Å². The molecule has 0 aromatic carbocycles. The van der Waals surface area contributed by atoms with Crippen molar-refractivity contribution in [3.63, 3.8) is 0 Å². The lowest BCUT2D eigenvalue weighted by Gasteiger charge is -2.34. The highest BCUT2D eigenvalue weighted by Gasteiger charge is 2.36. The van der Waals surface area contributed by atoms with Crippen molar-refractivity contribution in [1.29, 1.82) is 0 Å². The zero-order valence-electron chi connectivity index (χ0n) is 12.7. The van der Waals surface area contributed by atoms with Crippen LogP contribution in [0.25, 0.3) is 0 Å². The number of rotatable bonds is 1. The Morgan fingerprint density at radius 3 is 2.59 bits per heavy atom. The largest absolute Gasteiger partial charge is 0.455 e. The molecule has 2 rings (SSSR count). The van der Waals surface area contributed by atoms with E-state index in [9.17, 15) is 18.0 Å². The molecular weight excluding hydrogens is 301 g/mol. The highest BCUT2D eigenvalue weighted by molar-refractivity contribution is 5.68. The third-order valence-electron chi connectivity index (χ3n) is 3.08. The van der Waals surface area contributed by atoms with Gasteiger partial charge in [-0.2, -0.15) is 13.2 Å². The van der Waals surface area contributed by atoms with Crippen LogP contribution in [0.1, 0.15) is 38.3 Å². The third kappa shape index (κ3) is 4.16. The Kier molecular flexibility index (Phi) is 4.42. The number of piperazine rings is 1. The third-order valence-corrected chi connectivity index (χ3v) is 3.08. The smallest absolute Gasteiger partial charge is 0.449 e. The number of hydrogen-bond donors (Lipinski definition) is 1. The molecule has 8 heteroatoms. The van der Waals surface area contributed by atoms with Crippen LogP contribution in [0.4, 0.5) is 18.0 Å². The molecule has 124 valence electrons. The molecule has 0 radical (unpaired) electrons. The van der Waals surface area contributed by atoms with E-state index in [4.69, 9.17) is 9.15 Å². The number of ether oxygens (including phenoxy) is 1. The number of halogens is 3. The van der Waals surface area contributed by atoms with E-state index in [0.717, 1.165) is 6.07 Å². The summed E-state index contributed by atoms with van der Waals surface area (Å²) in [5.74, 6) is -0.890. The van der Waals surface area contributed by atoms with Gasteiger partial charge in [-0.25, -0.2) is 4.79 Å². The van der Waals surface area contributed by atoms with Gasteiger partial charge in [0.15, 0.2) is 0 Å². The number of carbonyl (C=O) groups excluding carboxylic acids is 1. The van der Waals surface area contributed by atoms with Gasteiger partial charge in [0.05, 0.1) is 6.04 Å². The van der Waals surface area contributed by atoms with Crippen LogP contribution in [0.15, 0.2) is 16.5 Å². The molecule has 1 amide bonds. The first kappa shape index (κ1) is 16.7. The van der Waals surface area contributed by atoms with Crippen molar-refractivity contribution in [3.8, 4) is 0 Å². The Labute approximate surface area is 126 Å². The molecule has 1 aliphatic rings. The zero-order chi connectivity index (χ0) is 16.5. The van der Waals surface area contributed by atoms with E-state index in [1.54, 1.807) is 20.8 Å². The van der Waals surface area contributed by atoms with E-state index in [0.29, 0.717) is 13.1 Å². The van der Waals surface area contributed by atoms with Crippen molar-refractivity contribution in [2.75, 3.05) is 19.6 Å². The first-order valence-electron chi connectivity index (χ1n) is 6.94. The fraction of sp³-hybridized carbons (Fsp3) is 0.643. The highest BCUT2D eigenvalue weighted by atomic mass is 19.4. The number of alkyl halides is 3. The zero-order valence-corrected chi connectivity index (χ0v) is 12.7. The minimum Gasteiger partial charge on any atom is -0.455 e. The van der Waals surface area contributed by atoms with Crippen LogP contribution in [-0.4, -0.2) is 36.2 Å². The van der Waals surface area contributed by atoms with Gasteiger partial charge < -0.3 is 19.4 Å². The number of carbonyl (C=O) groups is 1. The molecule has 1 atom stereocenters. The second kappa shape index (κ2) is 5.83. The van der Waals surface area contributed by atoms with Crippen LogP contribution in [0.5, 0.6) is 0 Å². The topological polar surface area (TPSA) is 54.7 Å². The molecule has 0 aliphatic carbocycles. The number of nitrogens with zero attached hydrogens (tertiary/aromatic N) is 1. The summed E-state index contributed by atoms with van der Waals surface area (Å²) in [5.41, 5.74) is -0.619. The predicted molar refractivity (Wildman–Crippen MR) is 72.3 cm³/mol. The Hall–Kier alpha value is -1.70. The van der Waals surface area contributed by atoms with Gasteiger partial charge in [-0.3, -0.25) is 0 Å². The molecule has 1 aliphatic heterocycles. The molecular formula is C14H19F3N2O3. The molecule has 1 N–H and O–H groups in total. The predicted octanol–water partition coefficient (Wildman–Crippen LogP) is 3.18. The van der Waals surface area contributed by atoms with E-state index in [-0.39, 0.29) is 12.3 Å². The Morgan fingerprint density at radius 1 is 1.36 bits per heavy atom. The van der Waals surface area contributed by atoms with Gasteiger partial charge in [-0.05, 0) is 32.9 Å². The van der Waals surface area contributed by atoms with Gasteiger partial charge in [-0.15, -0.1) is 0 Å². The van der Waals surface area contributed by atoms with Gasteiger partial charge >= 0.3 is 12.3 Å². The van der Waals surface area contributed by atoms with Crippen LogP contribution in [0, 0.1) is 0 Å². The monoisotopic (exact) mass is 320 g/mol. The van der Waals surface area contributed by atoms with Crippen LogP contribution in [0.3, 0.4) is 0 Å². The summed E-state index contributed by atoms with van der Waals surface area (Å²) in [5, 5.41) is 3.04. The molecule has 1 fully saturated rings. The summed E-state index contributed by atoms with van der Waals surface area (Å²) in [4.78, 5) is 13.5. The van der Waals surface area contributed by atoms with Crippen LogP contribution in [0.2, 0.25) is 0 Å². The Bertz CT molecular complexity index is 534. The molecule has 1 aromatic heterocycles. The number of amides is 1. The molecule has 2 heterocycles. The van der Waals surface area contributed by atoms with Crippen molar-refractivity contribution >= 4 is 6.09 Å². The number of nitrogens with one attached hydrogen (secondary N) is 1. The lowest BCUT2D eigenvalue weighted by Crippen LogP contribution is -2.49. The second-order valence-electron chi connectivity index (χ2n) is 6.13. The van der Waals surface area contributed by atoms with Gasteiger partial charge in [0.2, 0.25) is 5.76 Å². The lowest BCUT2D eigenvalue weighted by molar-refractivity contribution is -0.153. The maximum absolute atomic E-state index is 12.6. The summed E-state index contributed by atoms with van der Waals surface area (Å²) < 4.78 is 47.8. The summed E-state index contributed by atoms with van der Waals surface area (Å²) in [7, 11) is 0. The average Bonchev–Trinajstić information content (AvgIpc) is 2.86. The highest BCUT2D eigenvalue weighted by Crippen LogP contribution is 2.32. The molecule has 1 saturated heterocycles.